The van der Waals surface area contributed by atoms with Gasteiger partial charge in [-0.2, -0.15) is 0 Å². The largest absolute Gasteiger partial charge is 0.496 e. The van der Waals surface area contributed by atoms with Gasteiger partial charge in [0.2, 0.25) is 0 Å². The monoisotopic (exact) mass is 343 g/mol. The number of methoxy groups -OCH3 is 1. The zero-order valence-corrected chi connectivity index (χ0v) is 14.3. The Bertz CT molecular complexity index is 897. The van der Waals surface area contributed by atoms with E-state index in [9.17, 15) is 9.90 Å². The van der Waals surface area contributed by atoms with E-state index in [4.69, 9.17) is 16.3 Å². The Kier molecular flexibility index (Phi) is 4.49. The lowest BCUT2D eigenvalue weighted by molar-refractivity contribution is -0.136. The minimum atomic E-state index is -0.848. The zero-order chi connectivity index (χ0) is 17.3. The number of aryl methyl sites for hydroxylation is 1. The minimum Gasteiger partial charge on any atom is -0.496 e. The zero-order valence-electron chi connectivity index (χ0n) is 13.5. The van der Waals surface area contributed by atoms with Gasteiger partial charge in [-0.25, -0.2) is 0 Å². The second-order valence-electron chi connectivity index (χ2n) is 5.77. The number of benzene rings is 2. The van der Waals surface area contributed by atoms with Crippen LogP contribution in [0.4, 0.5) is 0 Å². The molecule has 1 heterocycles. The van der Waals surface area contributed by atoms with E-state index in [1.54, 1.807) is 7.11 Å². The first kappa shape index (κ1) is 16.4. The Balaban J connectivity index is 2.18. The second-order valence-corrected chi connectivity index (χ2v) is 6.21. The van der Waals surface area contributed by atoms with Gasteiger partial charge in [0.25, 0.3) is 0 Å². The Labute approximate surface area is 145 Å². The Morgan fingerprint density at radius 2 is 1.88 bits per heavy atom. The molecule has 0 atom stereocenters. The molecule has 24 heavy (non-hydrogen) atoms. The number of nitrogens with one attached hydrogen (secondary N) is 1. The highest BCUT2D eigenvalue weighted by Gasteiger charge is 2.18. The van der Waals surface area contributed by atoms with Crippen LogP contribution in [0.3, 0.4) is 0 Å². The van der Waals surface area contributed by atoms with Crippen LogP contribution in [-0.2, 0) is 17.6 Å². The number of rotatable bonds is 5. The standard InChI is InChI=1S/C19H18ClNO3/c1-11-14(10-18(22)23)19-15(9-12-3-5-13(20)6-4-12)17(24-2)8-7-16(19)21-11/h3-8,21H,9-10H2,1-2H3,(H,22,23). The van der Waals surface area contributed by atoms with Crippen LogP contribution < -0.4 is 4.74 Å². The van der Waals surface area contributed by atoms with Crippen LogP contribution in [-0.4, -0.2) is 23.2 Å². The minimum absolute atomic E-state index is 0.0212. The summed E-state index contributed by atoms with van der Waals surface area (Å²) in [4.78, 5) is 14.5. The van der Waals surface area contributed by atoms with Gasteiger partial charge in [-0.1, -0.05) is 23.7 Å². The third kappa shape index (κ3) is 3.10. The normalized spacial score (nSPS) is 11.0. The number of hydrogen-bond acceptors (Lipinski definition) is 2. The first-order valence-electron chi connectivity index (χ1n) is 7.63. The van der Waals surface area contributed by atoms with Crippen molar-refractivity contribution in [2.45, 2.75) is 19.8 Å². The number of hydrogen-bond donors (Lipinski definition) is 2. The lowest BCUT2D eigenvalue weighted by Crippen LogP contribution is -2.02. The summed E-state index contributed by atoms with van der Waals surface area (Å²) in [5, 5.41) is 10.9. The number of aliphatic carboxylic acids is 1. The molecule has 2 aromatic carbocycles. The van der Waals surface area contributed by atoms with Crippen LogP contribution in [0.15, 0.2) is 36.4 Å². The molecular formula is C19H18ClNO3. The van der Waals surface area contributed by atoms with Gasteiger partial charge in [0.1, 0.15) is 5.75 Å². The van der Waals surface area contributed by atoms with Crippen LogP contribution in [0.5, 0.6) is 5.75 Å². The van der Waals surface area contributed by atoms with Gasteiger partial charge >= 0.3 is 5.97 Å². The van der Waals surface area contributed by atoms with Crippen LogP contribution in [0.1, 0.15) is 22.4 Å². The van der Waals surface area contributed by atoms with Gasteiger partial charge in [0.05, 0.1) is 13.5 Å². The quantitative estimate of drug-likeness (QED) is 0.723. The molecule has 1 aromatic heterocycles. The first-order chi connectivity index (χ1) is 11.5. The van der Waals surface area contributed by atoms with E-state index in [2.05, 4.69) is 4.98 Å². The van der Waals surface area contributed by atoms with E-state index in [1.807, 2.05) is 43.3 Å². The number of fused-ring (bicyclic) bond motifs is 1. The van der Waals surface area contributed by atoms with Gasteiger partial charge in [-0.15, -0.1) is 0 Å². The van der Waals surface area contributed by atoms with E-state index in [0.29, 0.717) is 11.4 Å². The summed E-state index contributed by atoms with van der Waals surface area (Å²) in [5.74, 6) is -0.0950. The van der Waals surface area contributed by atoms with Crippen molar-refractivity contribution < 1.29 is 14.6 Å². The van der Waals surface area contributed by atoms with Crippen LogP contribution in [0.2, 0.25) is 5.02 Å². The number of halogens is 1. The van der Waals surface area contributed by atoms with Gasteiger partial charge in [-0.3, -0.25) is 4.79 Å². The van der Waals surface area contributed by atoms with Crippen molar-refractivity contribution in [1.82, 2.24) is 4.98 Å². The van der Waals surface area contributed by atoms with Crippen molar-refractivity contribution in [3.63, 3.8) is 0 Å². The number of aromatic nitrogens is 1. The molecule has 0 aliphatic heterocycles. The molecule has 0 saturated carbocycles. The van der Waals surface area contributed by atoms with Crippen LogP contribution >= 0.6 is 11.6 Å². The number of H-pyrrole nitrogens is 1. The van der Waals surface area contributed by atoms with Crippen LogP contribution in [0.25, 0.3) is 10.9 Å². The highest BCUT2D eigenvalue weighted by molar-refractivity contribution is 6.30. The molecule has 0 aliphatic carbocycles. The third-order valence-electron chi connectivity index (χ3n) is 4.19. The summed E-state index contributed by atoms with van der Waals surface area (Å²) >= 11 is 5.96. The number of carbonyl (C=O) groups is 1. The number of carboxylic acids is 1. The Morgan fingerprint density at radius 1 is 1.17 bits per heavy atom. The second kappa shape index (κ2) is 6.57. The Hall–Kier alpha value is -2.46. The third-order valence-corrected chi connectivity index (χ3v) is 4.44. The van der Waals surface area contributed by atoms with E-state index in [-0.39, 0.29) is 6.42 Å². The average molecular weight is 344 g/mol. The van der Waals surface area contributed by atoms with Gasteiger partial charge in [0, 0.05) is 33.6 Å². The summed E-state index contributed by atoms with van der Waals surface area (Å²) in [6, 6.07) is 11.5. The molecule has 4 nitrogen and oxygen atoms in total. The fourth-order valence-electron chi connectivity index (χ4n) is 3.09. The maximum atomic E-state index is 11.3. The molecule has 2 N–H and O–H groups in total. The van der Waals surface area contributed by atoms with Crippen molar-refractivity contribution in [3.8, 4) is 5.75 Å². The highest BCUT2D eigenvalue weighted by Crippen LogP contribution is 2.34. The van der Waals surface area contributed by atoms with Crippen molar-refractivity contribution in [2.75, 3.05) is 7.11 Å². The maximum Gasteiger partial charge on any atom is 0.307 e. The predicted molar refractivity (Wildman–Crippen MR) is 95.2 cm³/mol. The highest BCUT2D eigenvalue weighted by atomic mass is 35.5. The molecule has 0 bridgehead atoms. The first-order valence-corrected chi connectivity index (χ1v) is 8.00. The smallest absolute Gasteiger partial charge is 0.307 e. The molecule has 0 unspecified atom stereocenters. The molecule has 3 rings (SSSR count). The predicted octanol–water partition coefficient (Wildman–Crippen LogP) is 4.36. The van der Waals surface area contributed by atoms with Gasteiger partial charge in [0.15, 0.2) is 0 Å². The van der Waals surface area contributed by atoms with E-state index >= 15 is 0 Å². The van der Waals surface area contributed by atoms with Crippen molar-refractivity contribution in [3.05, 3.63) is 63.8 Å². The van der Waals surface area contributed by atoms with Crippen molar-refractivity contribution in [1.29, 1.82) is 0 Å². The topological polar surface area (TPSA) is 62.3 Å². The number of ether oxygens (including phenoxy) is 1. The van der Waals surface area contributed by atoms with Gasteiger partial charge in [-0.05, 0) is 42.3 Å². The number of carboxylic acid groups (broad SMARTS) is 1. The molecule has 124 valence electrons. The molecule has 0 amide bonds. The summed E-state index contributed by atoms with van der Waals surface area (Å²) in [7, 11) is 1.63. The molecule has 5 heteroatoms. The van der Waals surface area contributed by atoms with Crippen molar-refractivity contribution in [2.24, 2.45) is 0 Å². The fraction of sp³-hybridized carbons (Fsp3) is 0.211. The summed E-state index contributed by atoms with van der Waals surface area (Å²) in [5.41, 5.74) is 4.68. The lowest BCUT2D eigenvalue weighted by atomic mass is 9.96. The fourth-order valence-corrected chi connectivity index (χ4v) is 3.21. The summed E-state index contributed by atoms with van der Waals surface area (Å²) in [6.45, 7) is 1.90. The van der Waals surface area contributed by atoms with E-state index in [0.717, 1.165) is 39.0 Å². The Morgan fingerprint density at radius 3 is 2.50 bits per heavy atom. The number of aromatic amines is 1. The average Bonchev–Trinajstić information content (AvgIpc) is 2.85. The molecule has 0 saturated heterocycles. The SMILES string of the molecule is COc1ccc2[nH]c(C)c(CC(=O)O)c2c1Cc1ccc(Cl)cc1. The molecule has 3 aromatic rings. The summed E-state index contributed by atoms with van der Waals surface area (Å²) in [6.07, 6.45) is 0.619. The van der Waals surface area contributed by atoms with E-state index < -0.39 is 5.97 Å². The molecule has 0 spiro atoms. The van der Waals surface area contributed by atoms with Gasteiger partial charge < -0.3 is 14.8 Å². The van der Waals surface area contributed by atoms with Crippen LogP contribution in [0, 0.1) is 6.92 Å². The lowest BCUT2D eigenvalue weighted by Gasteiger charge is -2.12. The maximum absolute atomic E-state index is 11.3. The molecule has 0 radical (unpaired) electrons. The molecule has 0 fully saturated rings. The summed E-state index contributed by atoms with van der Waals surface area (Å²) < 4.78 is 5.53. The van der Waals surface area contributed by atoms with Crippen molar-refractivity contribution >= 4 is 28.5 Å². The molecular weight excluding hydrogens is 326 g/mol. The van der Waals surface area contributed by atoms with E-state index in [1.165, 1.54) is 0 Å². The molecule has 0 aliphatic rings.